The van der Waals surface area contributed by atoms with Crippen LogP contribution in [0.3, 0.4) is 0 Å². The predicted molar refractivity (Wildman–Crippen MR) is 193 cm³/mol. The SMILES string of the molecule is C=CCOC1(C)CCN(c2c(C(OC(C)(C)C)C(=O)OCC)c(C)nc3cc(CNC(=O)C(=O)N(CC=C)Cc4ccc(F)c(C)c4)nn23)CC1. The van der Waals surface area contributed by atoms with Crippen molar-refractivity contribution < 1.29 is 33.0 Å². The fourth-order valence-electron chi connectivity index (χ4n) is 6.04. The third kappa shape index (κ3) is 9.79. The van der Waals surface area contributed by atoms with Gasteiger partial charge >= 0.3 is 17.8 Å². The Bertz CT molecular complexity index is 1760. The van der Waals surface area contributed by atoms with Gasteiger partial charge in [-0.1, -0.05) is 24.3 Å². The standard InChI is InChI=1S/C38H51FN6O6/c1-10-17-44(24-27-13-14-29(39)25(4)21-27)35(47)33(46)40-23-28-22-30-41-26(5)31(32(36(48)49-12-3)51-37(6,7)8)34(45(30)42-28)43-18-15-38(9,16-19-43)50-20-11-2/h10-11,13-14,21-22,32H,1-2,12,15-20,23-24H2,3-9H3,(H,40,46). The van der Waals surface area contributed by atoms with Crippen molar-refractivity contribution in [2.75, 3.05) is 37.7 Å². The zero-order valence-corrected chi connectivity index (χ0v) is 30.9. The highest BCUT2D eigenvalue weighted by molar-refractivity contribution is 6.34. The molecule has 1 atom stereocenters. The average molecular weight is 707 g/mol. The maximum Gasteiger partial charge on any atom is 0.340 e. The first kappa shape index (κ1) is 39.2. The molecule has 4 rings (SSSR count). The number of nitrogens with zero attached hydrogens (tertiary/aromatic N) is 5. The number of rotatable bonds is 14. The molecule has 1 aliphatic heterocycles. The number of piperidine rings is 1. The lowest BCUT2D eigenvalue weighted by Crippen LogP contribution is -2.45. The number of amides is 2. The fourth-order valence-corrected chi connectivity index (χ4v) is 6.04. The minimum atomic E-state index is -1.09. The van der Waals surface area contributed by atoms with Gasteiger partial charge in [0.15, 0.2) is 11.8 Å². The quantitative estimate of drug-likeness (QED) is 0.135. The smallest absolute Gasteiger partial charge is 0.340 e. The highest BCUT2D eigenvalue weighted by Crippen LogP contribution is 2.38. The zero-order valence-electron chi connectivity index (χ0n) is 30.9. The number of anilines is 1. The average Bonchev–Trinajstić information content (AvgIpc) is 3.48. The summed E-state index contributed by atoms with van der Waals surface area (Å²) in [4.78, 5) is 48.2. The molecule has 0 spiro atoms. The van der Waals surface area contributed by atoms with Gasteiger partial charge < -0.3 is 29.3 Å². The lowest BCUT2D eigenvalue weighted by molar-refractivity contribution is -0.167. The summed E-state index contributed by atoms with van der Waals surface area (Å²) in [6.07, 6.45) is 3.59. The lowest BCUT2D eigenvalue weighted by Gasteiger charge is -2.41. The van der Waals surface area contributed by atoms with Crippen LogP contribution in [0, 0.1) is 19.7 Å². The van der Waals surface area contributed by atoms with E-state index in [1.807, 2.05) is 27.7 Å². The Kier molecular flexibility index (Phi) is 12.7. The molecule has 13 heteroatoms. The predicted octanol–water partition coefficient (Wildman–Crippen LogP) is 5.30. The van der Waals surface area contributed by atoms with Crippen molar-refractivity contribution in [3.63, 3.8) is 0 Å². The summed E-state index contributed by atoms with van der Waals surface area (Å²) in [5.74, 6) is -1.84. The molecule has 1 aliphatic rings. The maximum absolute atomic E-state index is 13.8. The van der Waals surface area contributed by atoms with Crippen molar-refractivity contribution in [1.29, 1.82) is 0 Å². The van der Waals surface area contributed by atoms with Gasteiger partial charge in [0.2, 0.25) is 0 Å². The highest BCUT2D eigenvalue weighted by atomic mass is 19.1. The fraction of sp³-hybridized carbons (Fsp3) is 0.500. The highest BCUT2D eigenvalue weighted by Gasteiger charge is 2.38. The van der Waals surface area contributed by atoms with Crippen LogP contribution in [-0.4, -0.2) is 81.3 Å². The van der Waals surface area contributed by atoms with Crippen molar-refractivity contribution in [2.24, 2.45) is 0 Å². The Balaban J connectivity index is 1.67. The van der Waals surface area contributed by atoms with Crippen molar-refractivity contribution >= 4 is 29.2 Å². The van der Waals surface area contributed by atoms with Gasteiger partial charge in [-0.25, -0.2) is 14.2 Å². The number of benzene rings is 1. The summed E-state index contributed by atoms with van der Waals surface area (Å²) in [6, 6.07) is 6.30. The van der Waals surface area contributed by atoms with E-state index in [2.05, 4.69) is 30.3 Å². The molecule has 0 radical (unpaired) electrons. The van der Waals surface area contributed by atoms with Crippen LogP contribution in [0.2, 0.25) is 0 Å². The van der Waals surface area contributed by atoms with Crippen molar-refractivity contribution in [3.05, 3.63) is 83.5 Å². The van der Waals surface area contributed by atoms with Crippen molar-refractivity contribution in [3.8, 4) is 0 Å². The number of aromatic nitrogens is 3. The summed E-state index contributed by atoms with van der Waals surface area (Å²) < 4.78 is 33.4. The number of aryl methyl sites for hydroxylation is 2. The first-order valence-electron chi connectivity index (χ1n) is 17.3. The summed E-state index contributed by atoms with van der Waals surface area (Å²) >= 11 is 0. The van der Waals surface area contributed by atoms with Gasteiger partial charge in [0.1, 0.15) is 11.6 Å². The normalized spacial score (nSPS) is 14.9. The number of esters is 1. The summed E-state index contributed by atoms with van der Waals surface area (Å²) in [5, 5.41) is 7.51. The number of halogens is 1. The van der Waals surface area contributed by atoms with Gasteiger partial charge in [0.25, 0.3) is 0 Å². The zero-order chi connectivity index (χ0) is 37.5. The molecule has 1 fully saturated rings. The second kappa shape index (κ2) is 16.6. The molecule has 1 saturated heterocycles. The van der Waals surface area contributed by atoms with Crippen LogP contribution in [0.5, 0.6) is 0 Å². The van der Waals surface area contributed by atoms with Gasteiger partial charge in [-0.05, 0) is 78.5 Å². The molecular formula is C38H51FN6O6. The number of ether oxygens (including phenoxy) is 3. The third-order valence-electron chi connectivity index (χ3n) is 8.62. The molecule has 0 bridgehead atoms. The van der Waals surface area contributed by atoms with E-state index < -0.39 is 29.5 Å². The molecule has 51 heavy (non-hydrogen) atoms. The van der Waals surface area contributed by atoms with Gasteiger partial charge in [-0.2, -0.15) is 9.61 Å². The van der Waals surface area contributed by atoms with Crippen LogP contribution < -0.4 is 10.2 Å². The molecule has 1 aromatic carbocycles. The topological polar surface area (TPSA) is 128 Å². The van der Waals surface area contributed by atoms with Gasteiger partial charge in [-0.3, -0.25) is 9.59 Å². The molecule has 3 heterocycles. The summed E-state index contributed by atoms with van der Waals surface area (Å²) in [7, 11) is 0. The van der Waals surface area contributed by atoms with Crippen LogP contribution in [0.1, 0.15) is 81.6 Å². The molecule has 0 aliphatic carbocycles. The Morgan fingerprint density at radius 1 is 1.14 bits per heavy atom. The van der Waals surface area contributed by atoms with Gasteiger partial charge in [0.05, 0.1) is 42.2 Å². The number of carbonyl (C=O) groups is 3. The Morgan fingerprint density at radius 2 is 1.84 bits per heavy atom. The van der Waals surface area contributed by atoms with E-state index in [9.17, 15) is 18.8 Å². The second-order valence-corrected chi connectivity index (χ2v) is 14.0. The summed E-state index contributed by atoms with van der Waals surface area (Å²) in [6.45, 7) is 22.4. The number of carbonyl (C=O) groups excluding carboxylic acids is 3. The molecular weight excluding hydrogens is 655 g/mol. The molecule has 2 amide bonds. The molecule has 12 nitrogen and oxygen atoms in total. The molecule has 1 N–H and O–H groups in total. The minimum Gasteiger partial charge on any atom is -0.464 e. The van der Waals surface area contributed by atoms with E-state index in [1.165, 1.54) is 17.0 Å². The van der Waals surface area contributed by atoms with Crippen LogP contribution >= 0.6 is 0 Å². The number of hydrogen-bond donors (Lipinski definition) is 1. The van der Waals surface area contributed by atoms with E-state index >= 15 is 0 Å². The molecule has 2 aromatic heterocycles. The van der Waals surface area contributed by atoms with Crippen LogP contribution in [0.15, 0.2) is 49.6 Å². The van der Waals surface area contributed by atoms with Crippen molar-refractivity contribution in [1.82, 2.24) is 24.8 Å². The maximum atomic E-state index is 13.8. The Labute approximate surface area is 299 Å². The number of hydrogen-bond acceptors (Lipinski definition) is 9. The Hall–Kier alpha value is -4.62. The summed E-state index contributed by atoms with van der Waals surface area (Å²) in [5.41, 5.74) is 2.13. The molecule has 1 unspecified atom stereocenters. The largest absolute Gasteiger partial charge is 0.464 e. The van der Waals surface area contributed by atoms with Gasteiger partial charge in [0, 0.05) is 37.9 Å². The van der Waals surface area contributed by atoms with Crippen LogP contribution in [-0.2, 0) is 41.7 Å². The molecule has 276 valence electrons. The minimum absolute atomic E-state index is 0.0629. The van der Waals surface area contributed by atoms with Crippen molar-refractivity contribution in [2.45, 2.75) is 91.7 Å². The van der Waals surface area contributed by atoms with E-state index in [-0.39, 0.29) is 37.7 Å². The van der Waals surface area contributed by atoms with E-state index in [0.29, 0.717) is 72.1 Å². The van der Waals surface area contributed by atoms with E-state index in [4.69, 9.17) is 24.3 Å². The number of fused-ring (bicyclic) bond motifs is 1. The molecule has 3 aromatic rings. The van der Waals surface area contributed by atoms with Crippen LogP contribution in [0.4, 0.5) is 10.2 Å². The van der Waals surface area contributed by atoms with Gasteiger partial charge in [-0.15, -0.1) is 13.2 Å². The number of nitrogens with one attached hydrogen (secondary N) is 1. The van der Waals surface area contributed by atoms with Crippen LogP contribution in [0.25, 0.3) is 5.65 Å². The molecule has 0 saturated carbocycles. The van der Waals surface area contributed by atoms with E-state index in [1.54, 1.807) is 42.6 Å². The second-order valence-electron chi connectivity index (χ2n) is 14.0. The lowest BCUT2D eigenvalue weighted by atomic mass is 9.92. The Morgan fingerprint density at radius 3 is 2.45 bits per heavy atom. The third-order valence-corrected chi connectivity index (χ3v) is 8.62. The monoisotopic (exact) mass is 706 g/mol. The first-order chi connectivity index (χ1) is 24.1. The first-order valence-corrected chi connectivity index (χ1v) is 17.3. The van der Waals surface area contributed by atoms with E-state index in [0.717, 1.165) is 0 Å².